The number of carbonyl (C=O) groups excluding carboxylic acids is 1. The molecule has 2 fully saturated rings. The number of fused-ring (bicyclic) bond motifs is 1. The van der Waals surface area contributed by atoms with Gasteiger partial charge in [-0.2, -0.15) is 0 Å². The third-order valence-corrected chi connectivity index (χ3v) is 4.67. The second-order valence-corrected chi connectivity index (χ2v) is 5.86. The van der Waals surface area contributed by atoms with Crippen LogP contribution in [0.2, 0.25) is 0 Å². The van der Waals surface area contributed by atoms with E-state index >= 15 is 0 Å². The molecule has 2 heterocycles. The minimum atomic E-state index is -0.777. The monoisotopic (exact) mass is 280 g/mol. The van der Waals surface area contributed by atoms with Crippen LogP contribution in [0.4, 0.5) is 8.78 Å². The fraction of sp³-hybridized carbons (Fsp3) is 0.533. The molecule has 1 aromatic carbocycles. The Bertz CT molecular complexity index is 561. The first kappa shape index (κ1) is 13.5. The number of benzene rings is 1. The van der Waals surface area contributed by atoms with E-state index in [0.717, 1.165) is 19.2 Å². The summed E-state index contributed by atoms with van der Waals surface area (Å²) in [6.45, 7) is 6.00. The predicted molar refractivity (Wildman–Crippen MR) is 71.4 cm³/mol. The fourth-order valence-corrected chi connectivity index (χ4v) is 3.41. The largest absolute Gasteiger partial charge is 0.335 e. The summed E-state index contributed by atoms with van der Waals surface area (Å²) in [4.78, 5) is 14.2. The van der Waals surface area contributed by atoms with E-state index in [1.165, 1.54) is 13.0 Å². The number of aryl methyl sites for hydroxylation is 1. The minimum Gasteiger partial charge on any atom is -0.335 e. The molecule has 20 heavy (non-hydrogen) atoms. The molecule has 1 N–H and O–H groups in total. The highest BCUT2D eigenvalue weighted by molar-refractivity contribution is 5.95. The van der Waals surface area contributed by atoms with Gasteiger partial charge in [-0.05, 0) is 37.3 Å². The number of carbonyl (C=O) groups is 1. The summed E-state index contributed by atoms with van der Waals surface area (Å²) in [6, 6.07) is 2.20. The van der Waals surface area contributed by atoms with Crippen LogP contribution in [0.1, 0.15) is 22.8 Å². The Kier molecular flexibility index (Phi) is 3.24. The molecule has 3 unspecified atom stereocenters. The molecule has 3 nitrogen and oxygen atoms in total. The van der Waals surface area contributed by atoms with Crippen molar-refractivity contribution in [2.75, 3.05) is 19.6 Å². The number of hydrogen-bond acceptors (Lipinski definition) is 2. The normalized spacial score (nSPS) is 28.8. The maximum Gasteiger partial charge on any atom is 0.257 e. The van der Waals surface area contributed by atoms with Crippen LogP contribution in [0.3, 0.4) is 0 Å². The molecule has 5 heteroatoms. The second-order valence-electron chi connectivity index (χ2n) is 5.86. The third-order valence-electron chi connectivity index (χ3n) is 4.67. The predicted octanol–water partition coefficient (Wildman–Crippen LogP) is 1.95. The lowest BCUT2D eigenvalue weighted by Gasteiger charge is -2.25. The summed E-state index contributed by atoms with van der Waals surface area (Å²) >= 11 is 0. The van der Waals surface area contributed by atoms with E-state index in [1.54, 1.807) is 4.90 Å². The number of rotatable bonds is 1. The van der Waals surface area contributed by atoms with Gasteiger partial charge in [-0.15, -0.1) is 0 Å². The van der Waals surface area contributed by atoms with Crippen molar-refractivity contribution in [1.82, 2.24) is 10.2 Å². The lowest BCUT2D eigenvalue weighted by Crippen LogP contribution is -2.38. The molecular formula is C15H18F2N2O. The topological polar surface area (TPSA) is 32.3 Å². The lowest BCUT2D eigenvalue weighted by molar-refractivity contribution is 0.0723. The van der Waals surface area contributed by atoms with Crippen LogP contribution in [-0.2, 0) is 0 Å². The molecule has 0 bridgehead atoms. The maximum atomic E-state index is 13.9. The van der Waals surface area contributed by atoms with Crippen molar-refractivity contribution in [3.05, 3.63) is 34.9 Å². The van der Waals surface area contributed by atoms with Crippen LogP contribution >= 0.6 is 0 Å². The van der Waals surface area contributed by atoms with E-state index in [2.05, 4.69) is 5.32 Å². The molecule has 1 amide bonds. The first-order valence-electron chi connectivity index (χ1n) is 6.96. The highest BCUT2D eigenvalue weighted by atomic mass is 19.1. The van der Waals surface area contributed by atoms with Crippen molar-refractivity contribution in [3.63, 3.8) is 0 Å². The van der Waals surface area contributed by atoms with Gasteiger partial charge in [0, 0.05) is 31.7 Å². The van der Waals surface area contributed by atoms with Crippen LogP contribution in [0.25, 0.3) is 0 Å². The Hall–Kier alpha value is -1.49. The van der Waals surface area contributed by atoms with Gasteiger partial charge in [-0.1, -0.05) is 0 Å². The van der Waals surface area contributed by atoms with Gasteiger partial charge < -0.3 is 10.2 Å². The zero-order chi connectivity index (χ0) is 14.4. The molecule has 2 saturated heterocycles. The number of likely N-dealkylation sites (tertiary alicyclic amines) is 1. The molecule has 2 aliphatic rings. The zero-order valence-electron chi connectivity index (χ0n) is 11.6. The van der Waals surface area contributed by atoms with Crippen LogP contribution in [0.5, 0.6) is 0 Å². The fourth-order valence-electron chi connectivity index (χ4n) is 3.41. The number of amides is 1. The molecule has 0 aromatic heterocycles. The van der Waals surface area contributed by atoms with E-state index in [1.807, 2.05) is 6.92 Å². The Morgan fingerprint density at radius 3 is 2.75 bits per heavy atom. The third kappa shape index (κ3) is 2.00. The van der Waals surface area contributed by atoms with Crippen molar-refractivity contribution in [2.45, 2.75) is 19.9 Å². The SMILES string of the molecule is Cc1cc(C(=O)N2CC3CNCC3C2C)c(F)cc1F. The van der Waals surface area contributed by atoms with Gasteiger partial charge in [0.15, 0.2) is 0 Å². The van der Waals surface area contributed by atoms with Crippen molar-refractivity contribution < 1.29 is 13.6 Å². The van der Waals surface area contributed by atoms with Crippen LogP contribution in [0, 0.1) is 30.4 Å². The number of hydrogen-bond donors (Lipinski definition) is 1. The summed E-state index contributed by atoms with van der Waals surface area (Å²) < 4.78 is 27.1. The summed E-state index contributed by atoms with van der Waals surface area (Å²) in [5, 5.41) is 3.32. The summed E-state index contributed by atoms with van der Waals surface area (Å²) in [6.07, 6.45) is 0. The molecule has 3 rings (SSSR count). The standard InChI is InChI=1S/C15H18F2N2O/c1-8-3-11(14(17)4-13(8)16)15(20)19-7-10-5-18-6-12(10)9(19)2/h3-4,9-10,12,18H,5-7H2,1-2H3. The van der Waals surface area contributed by atoms with Gasteiger partial charge >= 0.3 is 0 Å². The van der Waals surface area contributed by atoms with Crippen molar-refractivity contribution in [2.24, 2.45) is 11.8 Å². The van der Waals surface area contributed by atoms with E-state index in [0.29, 0.717) is 23.9 Å². The van der Waals surface area contributed by atoms with Gasteiger partial charge in [0.1, 0.15) is 11.6 Å². The molecule has 0 spiro atoms. The van der Waals surface area contributed by atoms with E-state index in [-0.39, 0.29) is 17.5 Å². The molecular weight excluding hydrogens is 262 g/mol. The van der Waals surface area contributed by atoms with Crippen LogP contribution in [-0.4, -0.2) is 36.5 Å². The van der Waals surface area contributed by atoms with Crippen molar-refractivity contribution >= 4 is 5.91 Å². The first-order chi connectivity index (χ1) is 9.49. The van der Waals surface area contributed by atoms with Gasteiger partial charge in [-0.25, -0.2) is 8.78 Å². The van der Waals surface area contributed by atoms with Crippen molar-refractivity contribution in [1.29, 1.82) is 0 Å². The quantitative estimate of drug-likeness (QED) is 0.853. The molecule has 108 valence electrons. The van der Waals surface area contributed by atoms with E-state index in [4.69, 9.17) is 0 Å². The highest BCUT2D eigenvalue weighted by Gasteiger charge is 2.44. The maximum absolute atomic E-state index is 13.9. The lowest BCUT2D eigenvalue weighted by atomic mass is 9.95. The average molecular weight is 280 g/mol. The highest BCUT2D eigenvalue weighted by Crippen LogP contribution is 2.33. The van der Waals surface area contributed by atoms with E-state index in [9.17, 15) is 13.6 Å². The molecule has 3 atom stereocenters. The zero-order valence-corrected chi connectivity index (χ0v) is 11.6. The van der Waals surface area contributed by atoms with Crippen LogP contribution < -0.4 is 5.32 Å². The average Bonchev–Trinajstić information content (AvgIpc) is 2.97. The Labute approximate surface area is 117 Å². The number of nitrogens with one attached hydrogen (secondary N) is 1. The van der Waals surface area contributed by atoms with Crippen molar-refractivity contribution in [3.8, 4) is 0 Å². The molecule has 1 aromatic rings. The molecule has 0 aliphatic carbocycles. The van der Waals surface area contributed by atoms with Gasteiger partial charge in [0.2, 0.25) is 0 Å². The minimum absolute atomic E-state index is 0.0244. The summed E-state index contributed by atoms with van der Waals surface area (Å²) in [5.41, 5.74) is 0.271. The summed E-state index contributed by atoms with van der Waals surface area (Å²) in [7, 11) is 0. The number of nitrogens with zero attached hydrogens (tertiary/aromatic N) is 1. The van der Waals surface area contributed by atoms with Gasteiger partial charge in [-0.3, -0.25) is 4.79 Å². The van der Waals surface area contributed by atoms with Gasteiger partial charge in [0.25, 0.3) is 5.91 Å². The second kappa shape index (κ2) is 4.81. The Morgan fingerprint density at radius 2 is 2.05 bits per heavy atom. The Balaban J connectivity index is 1.88. The Morgan fingerprint density at radius 1 is 1.30 bits per heavy atom. The van der Waals surface area contributed by atoms with E-state index < -0.39 is 11.6 Å². The van der Waals surface area contributed by atoms with Crippen LogP contribution in [0.15, 0.2) is 12.1 Å². The number of halogens is 2. The van der Waals surface area contributed by atoms with Gasteiger partial charge in [0.05, 0.1) is 5.56 Å². The molecule has 0 radical (unpaired) electrons. The summed E-state index contributed by atoms with van der Waals surface area (Å²) in [5.74, 6) is -0.843. The molecule has 2 aliphatic heterocycles. The first-order valence-corrected chi connectivity index (χ1v) is 6.96. The molecule has 0 saturated carbocycles. The smallest absolute Gasteiger partial charge is 0.257 e.